The monoisotopic (exact) mass is 421 g/mol. The van der Waals surface area contributed by atoms with Crippen molar-refractivity contribution in [1.29, 1.82) is 0 Å². The van der Waals surface area contributed by atoms with Gasteiger partial charge in [-0.1, -0.05) is 11.6 Å². The van der Waals surface area contributed by atoms with Crippen molar-refractivity contribution in [1.82, 2.24) is 0 Å². The normalized spacial score (nSPS) is 12.7. The van der Waals surface area contributed by atoms with Gasteiger partial charge in [-0.15, -0.1) is 0 Å². The minimum absolute atomic E-state index is 0.566. The molecule has 0 aliphatic carbocycles. The summed E-state index contributed by atoms with van der Waals surface area (Å²) < 4.78 is 16.1. The number of rotatable bonds is 5. The van der Waals surface area contributed by atoms with Crippen LogP contribution in [0, 0.1) is 0 Å². The van der Waals surface area contributed by atoms with Crippen molar-refractivity contribution >= 4 is 34.6 Å². The second kappa shape index (κ2) is 8.47. The predicted octanol–water partition coefficient (Wildman–Crippen LogP) is 5.32. The molecule has 0 bridgehead atoms. The smallest absolute Gasteiger partial charge is 0.162 e. The fraction of sp³-hybridized carbons (Fsp3) is 0.130. The molecule has 0 atom stereocenters. The highest BCUT2D eigenvalue weighted by atomic mass is 35.5. The van der Waals surface area contributed by atoms with Gasteiger partial charge in [-0.3, -0.25) is 0 Å². The van der Waals surface area contributed by atoms with Crippen molar-refractivity contribution in [3.05, 3.63) is 76.8 Å². The summed E-state index contributed by atoms with van der Waals surface area (Å²) in [5, 5.41) is 3.96. The molecule has 0 saturated carbocycles. The molecule has 30 heavy (non-hydrogen) atoms. The molecule has 3 aromatic carbocycles. The number of ether oxygens (including phenoxy) is 3. The summed E-state index contributed by atoms with van der Waals surface area (Å²) in [6.07, 6.45) is 0. The number of hydrogen-bond acceptors (Lipinski definition) is 6. The number of fused-ring (bicyclic) bond motifs is 1. The highest BCUT2D eigenvalue weighted by Gasteiger charge is 2.17. The standard InChI is InChI=1S/C23H20ClN3O3/c1-28-17-8-4-14(5-9-17)22-25-18-10-7-16(24)13-19(18)26-23(27-22)15-6-11-20(29-2)21(12-15)30-3/h4-13H,1-3H3,(H,25,26,27). The van der Waals surface area contributed by atoms with E-state index < -0.39 is 0 Å². The molecule has 0 amide bonds. The lowest BCUT2D eigenvalue weighted by Crippen LogP contribution is -2.15. The van der Waals surface area contributed by atoms with E-state index in [0.29, 0.717) is 28.2 Å². The maximum absolute atomic E-state index is 6.22. The minimum Gasteiger partial charge on any atom is -0.497 e. The first-order chi connectivity index (χ1) is 14.6. The minimum atomic E-state index is 0.566. The Morgan fingerprint density at radius 2 is 1.47 bits per heavy atom. The Balaban J connectivity index is 1.85. The maximum atomic E-state index is 6.22. The lowest BCUT2D eigenvalue weighted by Gasteiger charge is -2.13. The zero-order chi connectivity index (χ0) is 21.1. The van der Waals surface area contributed by atoms with Gasteiger partial charge >= 0.3 is 0 Å². The lowest BCUT2D eigenvalue weighted by molar-refractivity contribution is 0.355. The number of aliphatic imine (C=N–C) groups is 2. The van der Waals surface area contributed by atoms with Crippen molar-refractivity contribution < 1.29 is 14.2 Å². The van der Waals surface area contributed by atoms with Crippen LogP contribution >= 0.6 is 11.6 Å². The van der Waals surface area contributed by atoms with E-state index >= 15 is 0 Å². The molecule has 1 N–H and O–H groups in total. The maximum Gasteiger partial charge on any atom is 0.162 e. The Morgan fingerprint density at radius 1 is 0.733 bits per heavy atom. The summed E-state index contributed by atoms with van der Waals surface area (Å²) >= 11 is 6.22. The molecule has 0 radical (unpaired) electrons. The zero-order valence-corrected chi connectivity index (χ0v) is 17.5. The Morgan fingerprint density at radius 3 is 2.17 bits per heavy atom. The number of amidine groups is 2. The first-order valence-corrected chi connectivity index (χ1v) is 9.60. The molecule has 0 fully saturated rings. The Bertz CT molecular complexity index is 1140. The average molecular weight is 422 g/mol. The average Bonchev–Trinajstić information content (AvgIpc) is 2.98. The van der Waals surface area contributed by atoms with E-state index in [-0.39, 0.29) is 0 Å². The van der Waals surface area contributed by atoms with E-state index in [0.717, 1.165) is 28.3 Å². The third-order valence-corrected chi connectivity index (χ3v) is 4.90. The van der Waals surface area contributed by atoms with Gasteiger partial charge in [0.15, 0.2) is 17.3 Å². The Hall–Kier alpha value is -3.51. The summed E-state index contributed by atoms with van der Waals surface area (Å²) in [6.45, 7) is 0. The number of benzene rings is 3. The molecule has 0 aromatic heterocycles. The molecule has 1 aliphatic heterocycles. The summed E-state index contributed by atoms with van der Waals surface area (Å²) in [6, 6.07) is 18.7. The van der Waals surface area contributed by atoms with E-state index in [1.165, 1.54) is 0 Å². The molecule has 4 rings (SSSR count). The Kier molecular flexibility index (Phi) is 5.59. The molecule has 0 saturated heterocycles. The molecule has 1 heterocycles. The van der Waals surface area contributed by atoms with Crippen LogP contribution < -0.4 is 19.5 Å². The highest BCUT2D eigenvalue weighted by molar-refractivity contribution is 6.31. The number of hydrogen-bond donors (Lipinski definition) is 1. The van der Waals surface area contributed by atoms with Gasteiger partial charge in [0.25, 0.3) is 0 Å². The van der Waals surface area contributed by atoms with Crippen LogP contribution in [0.3, 0.4) is 0 Å². The van der Waals surface area contributed by atoms with Crippen LogP contribution in [0.5, 0.6) is 17.2 Å². The third-order valence-electron chi connectivity index (χ3n) is 4.66. The molecule has 152 valence electrons. The van der Waals surface area contributed by atoms with Gasteiger partial charge < -0.3 is 19.5 Å². The summed E-state index contributed by atoms with van der Waals surface area (Å²) in [7, 11) is 4.84. The van der Waals surface area contributed by atoms with E-state index in [4.69, 9.17) is 35.8 Å². The highest BCUT2D eigenvalue weighted by Crippen LogP contribution is 2.33. The summed E-state index contributed by atoms with van der Waals surface area (Å²) in [5.41, 5.74) is 3.18. The number of nitrogens with zero attached hydrogens (tertiary/aromatic N) is 2. The van der Waals surface area contributed by atoms with E-state index in [9.17, 15) is 0 Å². The fourth-order valence-corrected chi connectivity index (χ4v) is 3.27. The molecule has 0 unspecified atom stereocenters. The molecule has 6 nitrogen and oxygen atoms in total. The van der Waals surface area contributed by atoms with Crippen LogP contribution in [0.25, 0.3) is 0 Å². The van der Waals surface area contributed by atoms with Crippen LogP contribution in [0.15, 0.2) is 70.6 Å². The lowest BCUT2D eigenvalue weighted by atomic mass is 10.1. The zero-order valence-electron chi connectivity index (χ0n) is 16.8. The van der Waals surface area contributed by atoms with Crippen molar-refractivity contribution in [3.63, 3.8) is 0 Å². The summed E-state index contributed by atoms with van der Waals surface area (Å²) in [5.74, 6) is 3.20. The van der Waals surface area contributed by atoms with Gasteiger partial charge in [-0.25, -0.2) is 9.98 Å². The fourth-order valence-electron chi connectivity index (χ4n) is 3.10. The molecule has 3 aromatic rings. The van der Waals surface area contributed by atoms with Gasteiger partial charge in [-0.2, -0.15) is 0 Å². The quantitative estimate of drug-likeness (QED) is 0.605. The number of nitrogens with one attached hydrogen (secondary N) is 1. The van der Waals surface area contributed by atoms with Crippen molar-refractivity contribution in [2.24, 2.45) is 9.98 Å². The molecular weight excluding hydrogens is 402 g/mol. The molecule has 0 spiro atoms. The van der Waals surface area contributed by atoms with Crippen molar-refractivity contribution in [2.75, 3.05) is 26.6 Å². The summed E-state index contributed by atoms with van der Waals surface area (Å²) in [4.78, 5) is 9.59. The van der Waals surface area contributed by atoms with Crippen molar-refractivity contribution in [3.8, 4) is 17.2 Å². The van der Waals surface area contributed by atoms with Crippen molar-refractivity contribution in [2.45, 2.75) is 0 Å². The van der Waals surface area contributed by atoms with Gasteiger partial charge in [0.05, 0.1) is 32.7 Å². The van der Waals surface area contributed by atoms with E-state index in [1.54, 1.807) is 27.4 Å². The van der Waals surface area contributed by atoms with Crippen LogP contribution in [0.1, 0.15) is 11.1 Å². The number of anilines is 1. The van der Waals surface area contributed by atoms with Crippen LogP contribution in [0.2, 0.25) is 5.02 Å². The van der Waals surface area contributed by atoms with E-state index in [1.807, 2.05) is 54.6 Å². The first kappa shape index (κ1) is 19.8. The van der Waals surface area contributed by atoms with Gasteiger partial charge in [-0.05, 0) is 60.7 Å². The molecule has 1 aliphatic rings. The van der Waals surface area contributed by atoms with Gasteiger partial charge in [0.2, 0.25) is 0 Å². The number of methoxy groups -OCH3 is 3. The van der Waals surface area contributed by atoms with E-state index in [2.05, 4.69) is 5.32 Å². The first-order valence-electron chi connectivity index (χ1n) is 9.22. The third kappa shape index (κ3) is 3.95. The largest absolute Gasteiger partial charge is 0.497 e. The predicted molar refractivity (Wildman–Crippen MR) is 120 cm³/mol. The second-order valence-corrected chi connectivity index (χ2v) is 6.92. The molecule has 7 heteroatoms. The van der Waals surface area contributed by atoms with Crippen LogP contribution in [-0.2, 0) is 0 Å². The van der Waals surface area contributed by atoms with Crippen LogP contribution in [-0.4, -0.2) is 33.0 Å². The second-order valence-electron chi connectivity index (χ2n) is 6.48. The topological polar surface area (TPSA) is 64.4 Å². The molecular formula is C23H20ClN3O3. The SMILES string of the molecule is COc1ccc(C2=Nc3ccc(Cl)cc3NC(c3ccc(OC)c(OC)c3)=N2)cc1. The van der Waals surface area contributed by atoms with Gasteiger partial charge in [0, 0.05) is 16.1 Å². The Labute approximate surface area is 179 Å². The van der Waals surface area contributed by atoms with Crippen LogP contribution in [0.4, 0.5) is 11.4 Å². The van der Waals surface area contributed by atoms with Gasteiger partial charge in [0.1, 0.15) is 11.6 Å². The number of halogens is 1.